The fraction of sp³-hybridized carbons (Fsp3) is 0.492. The van der Waals surface area contributed by atoms with Crippen LogP contribution in [0.2, 0.25) is 0 Å². The maximum atomic E-state index is 14.1. The second-order valence-electron chi connectivity index (χ2n) is 23.1. The van der Waals surface area contributed by atoms with Crippen LogP contribution in [0.5, 0.6) is 11.5 Å². The number of rotatable bonds is 29. The third kappa shape index (κ3) is 19.5. The van der Waals surface area contributed by atoms with E-state index in [4.69, 9.17) is 58.0 Å². The molecule has 33 nitrogen and oxygen atoms in total. The van der Waals surface area contributed by atoms with Crippen LogP contribution < -0.4 is 43.3 Å². The zero-order valence-electron chi connectivity index (χ0n) is 55.5. The van der Waals surface area contributed by atoms with Crippen molar-refractivity contribution in [2.24, 2.45) is 0 Å². The van der Waals surface area contributed by atoms with E-state index in [0.29, 0.717) is 17.1 Å². The number of phosphoric acid groups is 2. The van der Waals surface area contributed by atoms with Crippen LogP contribution in [0.4, 0.5) is 11.9 Å². The largest absolute Gasteiger partial charge is 0.485 e. The number of aryl methyl sites for hydroxylation is 1. The van der Waals surface area contributed by atoms with E-state index in [-0.39, 0.29) is 85.5 Å². The molecule has 3 aliphatic rings. The number of benzene rings is 3. The number of H-pyrrole nitrogens is 3. The predicted octanol–water partition coefficient (Wildman–Crippen LogP) is 5.57. The Hall–Kier alpha value is -7.82. The van der Waals surface area contributed by atoms with Gasteiger partial charge in [-0.15, -0.1) is 0 Å². The minimum Gasteiger partial charge on any atom is -0.485 e. The molecule has 10 N–H and O–H groups in total. The molecule has 5 aromatic heterocycles. The molecule has 98 heavy (non-hydrogen) atoms. The summed E-state index contributed by atoms with van der Waals surface area (Å²) in [4.78, 5) is 101. The number of aromatic nitrogens is 10. The number of hydrogen-bond donors (Lipinski definition) is 8. The summed E-state index contributed by atoms with van der Waals surface area (Å²) in [6.07, 6.45) is -8.05. The highest BCUT2D eigenvalue weighted by atomic mass is 31.2. The molecule has 0 spiro atoms. The molecule has 0 saturated carbocycles. The van der Waals surface area contributed by atoms with Crippen LogP contribution in [-0.2, 0) is 66.0 Å². The fourth-order valence-corrected chi connectivity index (χ4v) is 13.0. The number of phosphoric ester groups is 2. The summed E-state index contributed by atoms with van der Waals surface area (Å²) in [5.74, 6) is 0.465. The molecule has 0 bridgehead atoms. The molecule has 35 heteroatoms. The number of nitrogens with one attached hydrogen (secondary N) is 3. The molecular formula is C63H86N14O19P2. The highest BCUT2D eigenvalue weighted by molar-refractivity contribution is 7.47. The van der Waals surface area contributed by atoms with Gasteiger partial charge in [0, 0.05) is 31.0 Å². The van der Waals surface area contributed by atoms with Crippen molar-refractivity contribution in [1.29, 1.82) is 0 Å². The lowest BCUT2D eigenvalue weighted by Crippen LogP contribution is -2.33. The van der Waals surface area contributed by atoms with E-state index in [9.17, 15) is 43.2 Å². The summed E-state index contributed by atoms with van der Waals surface area (Å²) in [5.41, 5.74) is 11.4. The molecule has 2 unspecified atom stereocenters. The van der Waals surface area contributed by atoms with Crippen molar-refractivity contribution in [2.75, 3.05) is 70.6 Å². The van der Waals surface area contributed by atoms with Gasteiger partial charge in [0.15, 0.2) is 33.8 Å². The fourth-order valence-electron chi connectivity index (χ4n) is 11.1. The van der Waals surface area contributed by atoms with Gasteiger partial charge < -0.3 is 64.6 Å². The highest BCUT2D eigenvalue weighted by Gasteiger charge is 2.47. The number of fused-ring (bicyclic) bond motifs is 2. The van der Waals surface area contributed by atoms with Gasteiger partial charge in [0.25, 0.3) is 16.7 Å². The molecule has 3 aliphatic heterocycles. The smallest absolute Gasteiger partial charge is 0.472 e. The molecule has 8 heterocycles. The van der Waals surface area contributed by atoms with E-state index in [1.807, 2.05) is 60.7 Å². The minimum atomic E-state index is -5.22. The van der Waals surface area contributed by atoms with E-state index >= 15 is 0 Å². The first-order valence-corrected chi connectivity index (χ1v) is 35.2. The maximum absolute atomic E-state index is 14.1. The average molecular weight is 1410 g/mol. The Balaban J connectivity index is 0.000000726. The van der Waals surface area contributed by atoms with Crippen molar-refractivity contribution in [1.82, 2.24) is 58.4 Å². The molecule has 3 aromatic carbocycles. The van der Waals surface area contributed by atoms with Gasteiger partial charge in [-0.1, -0.05) is 108 Å². The number of ether oxygens (including phenoxy) is 6. The summed E-state index contributed by atoms with van der Waals surface area (Å²) in [7, 11) is -10.4. The Bertz CT molecular complexity index is 4220. The van der Waals surface area contributed by atoms with Crippen molar-refractivity contribution in [3.63, 3.8) is 0 Å². The van der Waals surface area contributed by atoms with E-state index in [2.05, 4.69) is 86.2 Å². The monoisotopic (exact) mass is 1400 g/mol. The first kappa shape index (κ1) is 74.4. The Morgan fingerprint density at radius 2 is 1.01 bits per heavy atom. The normalized spacial score (nSPS) is 22.0. The number of nitrogens with zero attached hydrogens (tertiary/aromatic N) is 9. The number of imidazole rings is 2. The van der Waals surface area contributed by atoms with E-state index in [1.54, 1.807) is 18.2 Å². The molecule has 0 radical (unpaired) electrons. The lowest BCUT2D eigenvalue weighted by molar-refractivity contribution is -0.0710. The van der Waals surface area contributed by atoms with E-state index < -0.39 is 107 Å². The number of aliphatic hydroxyl groups excluding tert-OH is 1. The van der Waals surface area contributed by atoms with Crippen molar-refractivity contribution >= 4 is 49.9 Å². The summed E-state index contributed by atoms with van der Waals surface area (Å²) in [6, 6.07) is 24.5. The molecule has 8 aromatic rings. The lowest BCUT2D eigenvalue weighted by Gasteiger charge is -2.24. The van der Waals surface area contributed by atoms with Crippen LogP contribution in [0.15, 0.2) is 117 Å². The molecule has 0 amide bonds. The Kier molecular flexibility index (Phi) is 26.0. The predicted molar refractivity (Wildman–Crippen MR) is 359 cm³/mol. The van der Waals surface area contributed by atoms with Gasteiger partial charge in [0.05, 0.1) is 45.2 Å². The Morgan fingerprint density at radius 1 is 0.561 bits per heavy atom. The summed E-state index contributed by atoms with van der Waals surface area (Å²) in [5, 5.41) is 10.9. The van der Waals surface area contributed by atoms with Crippen LogP contribution in [0.1, 0.15) is 102 Å². The first-order valence-electron chi connectivity index (χ1n) is 32.2. The SMILES string of the molecule is CCN(CC)CC.CCN(CC)CC.Cc1cn([C@H]2C[C@H](OP(=O)(O)OC[C@H]3O[C@@H](n4cnc5c(=O)[nH]c(N)nc54)C[C@@H]3OP(=O)(O)OC[C@H]3O[C@@H](n4cnc5c(=O)[nH]c(N)nc54)C[C@@H]3O)[C@@H](COCc3ccc(OCc4ccccc4)c(OCc4ccccc4)c3)O2)c(=O)[nH]c1=O. The zero-order valence-corrected chi connectivity index (χ0v) is 57.3. The topological polar surface area (TPSA) is 428 Å². The molecule has 11 rings (SSSR count). The number of aliphatic hydroxyl groups is 1. The van der Waals surface area contributed by atoms with Crippen molar-refractivity contribution in [3.05, 3.63) is 162 Å². The van der Waals surface area contributed by atoms with E-state index in [1.165, 1.54) is 74.2 Å². The average Bonchev–Trinajstić information content (AvgIpc) is 1.71. The number of aromatic amines is 3. The van der Waals surface area contributed by atoms with Crippen LogP contribution in [0.25, 0.3) is 22.3 Å². The molecule has 0 aliphatic carbocycles. The number of anilines is 2. The van der Waals surface area contributed by atoms with Crippen LogP contribution >= 0.6 is 15.6 Å². The quantitative estimate of drug-likeness (QED) is 0.0265. The number of nitrogen functional groups attached to an aromatic ring is 2. The third-order valence-electron chi connectivity index (χ3n) is 16.6. The molecule has 11 atom stereocenters. The van der Waals surface area contributed by atoms with E-state index in [0.717, 1.165) is 15.7 Å². The van der Waals surface area contributed by atoms with Crippen LogP contribution in [0.3, 0.4) is 0 Å². The van der Waals surface area contributed by atoms with Gasteiger partial charge in [0.2, 0.25) is 11.9 Å². The number of nitrogens with two attached hydrogens (primary N) is 2. The standard InChI is InChI=1S/C51H56N12O19P2.2C6H15N/c1-27-18-61(51(68)60-46(27)65)40-16-34(37(79-40)22-73-19-30-12-13-32(74-20-28-8-4-2-5-9-28)33(14-30)75-21-29-10-6-3-7-11-29)81-84(71,72)77-24-38-35(17-41(80-38)63-26-55-43-45(63)57-50(53)59-48(43)67)82-83(69,70)76-23-36-31(64)15-39(78-36)62-25-54-42-44(62)56-49(52)58-47(42)66;2*1-4-7(5-2)6-3/h2-14,18,25-26,31,34-41,64H,15-17,19-24H2,1H3,(H,69,70)(H,71,72)(H,60,65,68)(H3,52,56,58,66)(H3,53,57,59,67);2*4-6H2,1-3H3/t31-,34-,35-,36+,37+,38+,39+,40+,41+;;/m0../s1. The Morgan fingerprint density at radius 3 is 1.50 bits per heavy atom. The molecular weight excluding hydrogens is 1320 g/mol. The molecule has 3 saturated heterocycles. The van der Waals surface area contributed by atoms with Crippen molar-refractivity contribution in [2.45, 2.75) is 143 Å². The van der Waals surface area contributed by atoms with Crippen molar-refractivity contribution in [3.8, 4) is 11.5 Å². The first-order chi connectivity index (χ1) is 47.0. The van der Waals surface area contributed by atoms with Gasteiger partial charge in [-0.3, -0.25) is 61.1 Å². The number of hydrogen-bond acceptors (Lipinski definition) is 25. The van der Waals surface area contributed by atoms with Gasteiger partial charge in [-0.25, -0.2) is 23.9 Å². The zero-order chi connectivity index (χ0) is 70.3. The second-order valence-corrected chi connectivity index (χ2v) is 25.9. The Labute approximate surface area is 563 Å². The van der Waals surface area contributed by atoms with Crippen molar-refractivity contribution < 1.29 is 70.5 Å². The molecule has 3 fully saturated rings. The highest BCUT2D eigenvalue weighted by Crippen LogP contribution is 2.52. The van der Waals surface area contributed by atoms with Gasteiger partial charge in [-0.2, -0.15) is 9.97 Å². The maximum Gasteiger partial charge on any atom is 0.472 e. The molecule has 532 valence electrons. The van der Waals surface area contributed by atoms with Gasteiger partial charge in [0.1, 0.15) is 62.4 Å². The third-order valence-corrected chi connectivity index (χ3v) is 18.6. The van der Waals surface area contributed by atoms with Crippen LogP contribution in [0, 0.1) is 6.92 Å². The summed E-state index contributed by atoms with van der Waals surface area (Å²) >= 11 is 0. The van der Waals surface area contributed by atoms with Crippen LogP contribution in [-0.4, -0.2) is 169 Å². The van der Waals surface area contributed by atoms with Gasteiger partial charge >= 0.3 is 21.3 Å². The second kappa shape index (κ2) is 34.3. The minimum absolute atomic E-state index is 0.0275. The summed E-state index contributed by atoms with van der Waals surface area (Å²) < 4.78 is 90.9. The van der Waals surface area contributed by atoms with Gasteiger partial charge in [-0.05, 0) is 75.0 Å². The summed E-state index contributed by atoms with van der Waals surface area (Å²) in [6.45, 7) is 20.4. The lowest BCUT2D eigenvalue weighted by atomic mass is 10.2.